The zero-order chi connectivity index (χ0) is 10.5. The van der Waals surface area contributed by atoms with Crippen molar-refractivity contribution < 1.29 is 4.74 Å². The Bertz CT molecular complexity index is 176. The lowest BCUT2D eigenvalue weighted by Crippen LogP contribution is -2.32. The summed E-state index contributed by atoms with van der Waals surface area (Å²) in [5, 5.41) is 3.61. The van der Waals surface area contributed by atoms with Gasteiger partial charge in [0.05, 0.1) is 6.61 Å². The van der Waals surface area contributed by atoms with Crippen LogP contribution in [0.2, 0.25) is 0 Å². The molecular formula is C12H24N2O. The van der Waals surface area contributed by atoms with Crippen LogP contribution < -0.4 is 5.32 Å². The van der Waals surface area contributed by atoms with Gasteiger partial charge in [0.1, 0.15) is 0 Å². The molecule has 2 saturated heterocycles. The van der Waals surface area contributed by atoms with Gasteiger partial charge in [0.25, 0.3) is 0 Å². The molecule has 2 atom stereocenters. The van der Waals surface area contributed by atoms with E-state index in [0.29, 0.717) is 0 Å². The van der Waals surface area contributed by atoms with Crippen LogP contribution in [-0.4, -0.2) is 51.3 Å². The average Bonchev–Trinajstić information content (AvgIpc) is 2.66. The van der Waals surface area contributed by atoms with Crippen LogP contribution in [0.4, 0.5) is 0 Å². The molecule has 15 heavy (non-hydrogen) atoms. The van der Waals surface area contributed by atoms with E-state index in [4.69, 9.17) is 4.74 Å². The Morgan fingerprint density at radius 1 is 1.27 bits per heavy atom. The molecule has 88 valence electrons. The SMILES string of the molecule is CN1CCC(CNCC2CCCOC2)C1. The third-order valence-electron chi connectivity index (χ3n) is 3.61. The molecule has 0 spiro atoms. The fourth-order valence-electron chi connectivity index (χ4n) is 2.65. The predicted molar refractivity (Wildman–Crippen MR) is 62.0 cm³/mol. The largest absolute Gasteiger partial charge is 0.381 e. The number of nitrogens with zero attached hydrogens (tertiary/aromatic N) is 1. The van der Waals surface area contributed by atoms with E-state index in [9.17, 15) is 0 Å². The topological polar surface area (TPSA) is 24.5 Å². The molecule has 2 aliphatic rings. The zero-order valence-corrected chi connectivity index (χ0v) is 9.87. The molecule has 1 N–H and O–H groups in total. The quantitative estimate of drug-likeness (QED) is 0.751. The van der Waals surface area contributed by atoms with Crippen LogP contribution in [0.5, 0.6) is 0 Å². The van der Waals surface area contributed by atoms with E-state index in [2.05, 4.69) is 17.3 Å². The molecule has 0 aromatic rings. The summed E-state index contributed by atoms with van der Waals surface area (Å²) < 4.78 is 5.47. The van der Waals surface area contributed by atoms with Gasteiger partial charge in [-0.3, -0.25) is 0 Å². The van der Waals surface area contributed by atoms with E-state index in [-0.39, 0.29) is 0 Å². The fraction of sp³-hybridized carbons (Fsp3) is 1.00. The lowest BCUT2D eigenvalue weighted by atomic mass is 10.0. The fourth-order valence-corrected chi connectivity index (χ4v) is 2.65. The Morgan fingerprint density at radius 3 is 2.80 bits per heavy atom. The monoisotopic (exact) mass is 212 g/mol. The lowest BCUT2D eigenvalue weighted by molar-refractivity contribution is 0.0546. The van der Waals surface area contributed by atoms with Gasteiger partial charge in [0.15, 0.2) is 0 Å². The van der Waals surface area contributed by atoms with E-state index < -0.39 is 0 Å². The highest BCUT2D eigenvalue weighted by Gasteiger charge is 2.19. The maximum absolute atomic E-state index is 5.47. The molecule has 2 unspecified atom stereocenters. The summed E-state index contributed by atoms with van der Waals surface area (Å²) in [5.74, 6) is 1.64. The Morgan fingerprint density at radius 2 is 2.13 bits per heavy atom. The van der Waals surface area contributed by atoms with Crippen LogP contribution in [0.1, 0.15) is 19.3 Å². The highest BCUT2D eigenvalue weighted by atomic mass is 16.5. The summed E-state index contributed by atoms with van der Waals surface area (Å²) in [7, 11) is 2.22. The molecule has 3 heteroatoms. The average molecular weight is 212 g/mol. The van der Waals surface area contributed by atoms with Crippen molar-refractivity contribution in [1.29, 1.82) is 0 Å². The van der Waals surface area contributed by atoms with Gasteiger partial charge < -0.3 is 15.0 Å². The first-order chi connectivity index (χ1) is 7.34. The summed E-state index contributed by atoms with van der Waals surface area (Å²) in [6, 6.07) is 0. The Balaban J connectivity index is 1.54. The highest BCUT2D eigenvalue weighted by molar-refractivity contribution is 4.75. The van der Waals surface area contributed by atoms with Gasteiger partial charge in [-0.1, -0.05) is 0 Å². The summed E-state index contributed by atoms with van der Waals surface area (Å²) in [5.41, 5.74) is 0. The van der Waals surface area contributed by atoms with Crippen LogP contribution in [0, 0.1) is 11.8 Å². The van der Waals surface area contributed by atoms with Crippen LogP contribution in [0.25, 0.3) is 0 Å². The minimum absolute atomic E-state index is 0.762. The molecule has 0 radical (unpaired) electrons. The molecule has 0 amide bonds. The van der Waals surface area contributed by atoms with E-state index in [1.165, 1.54) is 38.9 Å². The minimum atomic E-state index is 0.762. The Kier molecular flexibility index (Phi) is 4.42. The molecule has 2 aliphatic heterocycles. The first-order valence-electron chi connectivity index (χ1n) is 6.31. The summed E-state index contributed by atoms with van der Waals surface area (Å²) in [4.78, 5) is 2.43. The van der Waals surface area contributed by atoms with Gasteiger partial charge in [-0.15, -0.1) is 0 Å². The van der Waals surface area contributed by atoms with Crippen molar-refractivity contribution in [2.45, 2.75) is 19.3 Å². The predicted octanol–water partition coefficient (Wildman–Crippen LogP) is 0.954. The van der Waals surface area contributed by atoms with Crippen LogP contribution in [-0.2, 0) is 4.74 Å². The van der Waals surface area contributed by atoms with Crippen molar-refractivity contribution in [3.05, 3.63) is 0 Å². The van der Waals surface area contributed by atoms with Crippen molar-refractivity contribution >= 4 is 0 Å². The van der Waals surface area contributed by atoms with Crippen molar-refractivity contribution in [3.63, 3.8) is 0 Å². The minimum Gasteiger partial charge on any atom is -0.381 e. The maximum atomic E-state index is 5.47. The van der Waals surface area contributed by atoms with Crippen molar-refractivity contribution in [3.8, 4) is 0 Å². The second kappa shape index (κ2) is 5.83. The summed E-state index contributed by atoms with van der Waals surface area (Å²) >= 11 is 0. The molecule has 2 rings (SSSR count). The number of ether oxygens (including phenoxy) is 1. The van der Waals surface area contributed by atoms with Gasteiger partial charge >= 0.3 is 0 Å². The molecule has 2 fully saturated rings. The molecule has 0 aromatic carbocycles. The Hall–Kier alpha value is -0.120. The van der Waals surface area contributed by atoms with Crippen molar-refractivity contribution in [2.24, 2.45) is 11.8 Å². The molecule has 0 aromatic heterocycles. The number of rotatable bonds is 4. The second-order valence-corrected chi connectivity index (χ2v) is 5.16. The highest BCUT2D eigenvalue weighted by Crippen LogP contribution is 2.14. The smallest absolute Gasteiger partial charge is 0.0506 e. The van der Waals surface area contributed by atoms with Crippen molar-refractivity contribution in [1.82, 2.24) is 10.2 Å². The van der Waals surface area contributed by atoms with E-state index in [0.717, 1.165) is 31.6 Å². The zero-order valence-electron chi connectivity index (χ0n) is 9.87. The molecule has 2 heterocycles. The van der Waals surface area contributed by atoms with Crippen LogP contribution in [0.15, 0.2) is 0 Å². The molecule has 0 bridgehead atoms. The first-order valence-corrected chi connectivity index (χ1v) is 6.31. The van der Waals surface area contributed by atoms with Gasteiger partial charge in [-0.2, -0.15) is 0 Å². The number of hydrogen-bond donors (Lipinski definition) is 1. The first kappa shape index (κ1) is 11.4. The molecule has 0 saturated carbocycles. The van der Waals surface area contributed by atoms with E-state index in [1.54, 1.807) is 0 Å². The second-order valence-electron chi connectivity index (χ2n) is 5.16. The van der Waals surface area contributed by atoms with Gasteiger partial charge in [0, 0.05) is 19.7 Å². The summed E-state index contributed by atoms with van der Waals surface area (Å²) in [6.45, 7) is 6.84. The molecule has 0 aliphatic carbocycles. The third-order valence-corrected chi connectivity index (χ3v) is 3.61. The third kappa shape index (κ3) is 3.74. The number of likely N-dealkylation sites (tertiary alicyclic amines) is 1. The van der Waals surface area contributed by atoms with Gasteiger partial charge in [0.2, 0.25) is 0 Å². The van der Waals surface area contributed by atoms with E-state index in [1.807, 2.05) is 0 Å². The molecular weight excluding hydrogens is 188 g/mol. The van der Waals surface area contributed by atoms with Gasteiger partial charge in [-0.25, -0.2) is 0 Å². The van der Waals surface area contributed by atoms with E-state index >= 15 is 0 Å². The Labute approximate surface area is 93.2 Å². The van der Waals surface area contributed by atoms with Crippen LogP contribution in [0.3, 0.4) is 0 Å². The van der Waals surface area contributed by atoms with Gasteiger partial charge in [-0.05, 0) is 51.2 Å². The van der Waals surface area contributed by atoms with Crippen LogP contribution >= 0.6 is 0 Å². The van der Waals surface area contributed by atoms with Crippen molar-refractivity contribution in [2.75, 3.05) is 46.4 Å². The normalized spacial score (nSPS) is 33.4. The maximum Gasteiger partial charge on any atom is 0.0506 e. The summed E-state index contributed by atoms with van der Waals surface area (Å²) in [6.07, 6.45) is 3.96. The number of nitrogens with one attached hydrogen (secondary N) is 1. The number of hydrogen-bond acceptors (Lipinski definition) is 3. The molecule has 3 nitrogen and oxygen atoms in total. The standard InChI is InChI=1S/C12H24N2O/c1-14-5-4-11(9-14)7-13-8-12-3-2-6-15-10-12/h11-13H,2-10H2,1H3. The lowest BCUT2D eigenvalue weighted by Gasteiger charge is -2.23.